The molecule has 2 heterocycles. The number of benzene rings is 2. The second-order valence-electron chi connectivity index (χ2n) is 6.82. The number of hydrogen-bond acceptors (Lipinski definition) is 4. The number of allylic oxidation sites excluding steroid dienone is 1. The molecule has 0 radical (unpaired) electrons. The van der Waals surface area contributed by atoms with Crippen molar-refractivity contribution in [1.29, 1.82) is 0 Å². The Balaban J connectivity index is 1.85. The fraction of sp³-hybridized carbons (Fsp3) is 0.136. The maximum atomic E-state index is 13.7. The summed E-state index contributed by atoms with van der Waals surface area (Å²) < 4.78 is 43.3. The Morgan fingerprint density at radius 1 is 1.00 bits per heavy atom. The molecule has 0 fully saturated rings. The van der Waals surface area contributed by atoms with Crippen molar-refractivity contribution in [3.63, 3.8) is 0 Å². The van der Waals surface area contributed by atoms with Gasteiger partial charge in [0.15, 0.2) is 9.84 Å². The second kappa shape index (κ2) is 6.87. The lowest BCUT2D eigenvalue weighted by molar-refractivity contribution is 0.498. The lowest BCUT2D eigenvalue weighted by Crippen LogP contribution is -2.10. The minimum Gasteiger partial charge on any atom is -0.456 e. The van der Waals surface area contributed by atoms with Gasteiger partial charge in [-0.1, -0.05) is 6.07 Å². The third-order valence-corrected chi connectivity index (χ3v) is 5.81. The Hall–Kier alpha value is -2.99. The van der Waals surface area contributed by atoms with Crippen molar-refractivity contribution in [2.75, 3.05) is 6.26 Å². The molecule has 28 heavy (non-hydrogen) atoms. The average molecular weight is 395 g/mol. The first-order valence-electron chi connectivity index (χ1n) is 8.74. The second-order valence-corrected chi connectivity index (χ2v) is 8.84. The van der Waals surface area contributed by atoms with Crippen LogP contribution in [0.1, 0.15) is 22.4 Å². The van der Waals surface area contributed by atoms with Crippen molar-refractivity contribution in [2.45, 2.75) is 18.2 Å². The van der Waals surface area contributed by atoms with Crippen LogP contribution >= 0.6 is 0 Å². The van der Waals surface area contributed by atoms with E-state index < -0.39 is 9.84 Å². The molecule has 3 aromatic rings. The summed E-state index contributed by atoms with van der Waals surface area (Å²) in [5.74, 6) is 0.891. The highest BCUT2D eigenvalue weighted by Gasteiger charge is 2.23. The third kappa shape index (κ3) is 3.55. The predicted octanol–water partition coefficient (Wildman–Crippen LogP) is 4.44. The molecular formula is C22H18FNO3S. The summed E-state index contributed by atoms with van der Waals surface area (Å²) in [4.78, 5) is 4.60. The molecule has 0 unspecified atom stereocenters. The van der Waals surface area contributed by atoms with E-state index in [0.717, 1.165) is 28.0 Å². The van der Waals surface area contributed by atoms with Gasteiger partial charge in [-0.3, -0.25) is 4.98 Å². The molecule has 0 amide bonds. The van der Waals surface area contributed by atoms with Crippen molar-refractivity contribution in [2.24, 2.45) is 0 Å². The zero-order valence-electron chi connectivity index (χ0n) is 15.4. The molecule has 1 aliphatic rings. The average Bonchev–Trinajstić information content (AvgIpc) is 2.67. The van der Waals surface area contributed by atoms with Crippen molar-refractivity contribution >= 4 is 21.2 Å². The van der Waals surface area contributed by atoms with E-state index >= 15 is 0 Å². The largest absolute Gasteiger partial charge is 0.456 e. The fourth-order valence-electron chi connectivity index (χ4n) is 3.19. The molecule has 4 rings (SSSR count). The Bertz CT molecular complexity index is 1180. The Labute approximate surface area is 163 Å². The zero-order valence-corrected chi connectivity index (χ0v) is 16.3. The van der Waals surface area contributed by atoms with E-state index in [4.69, 9.17) is 4.74 Å². The van der Waals surface area contributed by atoms with Gasteiger partial charge in [-0.2, -0.15) is 0 Å². The summed E-state index contributed by atoms with van der Waals surface area (Å²) in [5, 5.41) is 0. The van der Waals surface area contributed by atoms with Crippen LogP contribution in [-0.2, 0) is 16.3 Å². The first-order chi connectivity index (χ1) is 13.3. The highest BCUT2D eigenvalue weighted by molar-refractivity contribution is 7.90. The number of hydrogen-bond donors (Lipinski definition) is 0. The molecule has 0 saturated carbocycles. The lowest BCUT2D eigenvalue weighted by atomic mass is 9.93. The summed E-state index contributed by atoms with van der Waals surface area (Å²) in [7, 11) is -3.28. The number of ether oxygens (including phenoxy) is 1. The molecule has 0 atom stereocenters. The molecule has 0 saturated heterocycles. The van der Waals surface area contributed by atoms with Crippen LogP contribution in [-0.4, -0.2) is 19.7 Å². The number of rotatable bonds is 3. The van der Waals surface area contributed by atoms with Crippen LogP contribution in [0.15, 0.2) is 65.7 Å². The maximum Gasteiger partial charge on any atom is 0.175 e. The monoisotopic (exact) mass is 395 g/mol. The number of nitrogens with zero attached hydrogens (tertiary/aromatic N) is 1. The first-order valence-corrected chi connectivity index (χ1v) is 10.6. The summed E-state index contributed by atoms with van der Waals surface area (Å²) in [6.45, 7) is 1.91. The topological polar surface area (TPSA) is 56.3 Å². The molecule has 0 bridgehead atoms. The standard InChI is InChI=1S/C22H18FNO3S/c1-14-3-4-16(13-24-14)20-12-17-11-18(23)7-10-21(17)27-22(20)15-5-8-19(9-6-15)28(2,25)26/h3-11,13H,12H2,1-2H3. The summed E-state index contributed by atoms with van der Waals surface area (Å²) >= 11 is 0. The van der Waals surface area contributed by atoms with E-state index in [1.165, 1.54) is 18.4 Å². The number of fused-ring (bicyclic) bond motifs is 1. The van der Waals surface area contributed by atoms with Gasteiger partial charge in [0, 0.05) is 46.8 Å². The third-order valence-electron chi connectivity index (χ3n) is 4.68. The van der Waals surface area contributed by atoms with Crippen LogP contribution in [0, 0.1) is 12.7 Å². The minimum absolute atomic E-state index is 0.244. The zero-order chi connectivity index (χ0) is 19.9. The SMILES string of the molecule is Cc1ccc(C2=C(c3ccc(S(C)(=O)=O)cc3)Oc3ccc(F)cc3C2)cn1. The molecule has 4 nitrogen and oxygen atoms in total. The number of aromatic nitrogens is 1. The van der Waals surface area contributed by atoms with Gasteiger partial charge in [-0.15, -0.1) is 0 Å². The Morgan fingerprint density at radius 2 is 1.71 bits per heavy atom. The highest BCUT2D eigenvalue weighted by Crippen LogP contribution is 2.39. The van der Waals surface area contributed by atoms with Crippen LogP contribution in [0.4, 0.5) is 4.39 Å². The number of aryl methyl sites for hydroxylation is 1. The number of sulfone groups is 1. The van der Waals surface area contributed by atoms with Crippen LogP contribution < -0.4 is 4.74 Å². The fourth-order valence-corrected chi connectivity index (χ4v) is 3.82. The van der Waals surface area contributed by atoms with E-state index in [2.05, 4.69) is 4.98 Å². The van der Waals surface area contributed by atoms with Gasteiger partial charge >= 0.3 is 0 Å². The Morgan fingerprint density at radius 3 is 2.36 bits per heavy atom. The smallest absolute Gasteiger partial charge is 0.175 e. The minimum atomic E-state index is -3.28. The number of halogens is 1. The van der Waals surface area contributed by atoms with E-state index in [1.54, 1.807) is 36.5 Å². The van der Waals surface area contributed by atoms with E-state index in [0.29, 0.717) is 17.9 Å². The molecule has 0 aliphatic carbocycles. The van der Waals surface area contributed by atoms with E-state index in [1.807, 2.05) is 19.1 Å². The van der Waals surface area contributed by atoms with Gasteiger partial charge in [0.25, 0.3) is 0 Å². The summed E-state index contributed by atoms with van der Waals surface area (Å²) in [6.07, 6.45) is 3.43. The van der Waals surface area contributed by atoms with Crippen molar-refractivity contribution in [3.8, 4) is 5.75 Å². The van der Waals surface area contributed by atoms with Gasteiger partial charge < -0.3 is 4.74 Å². The van der Waals surface area contributed by atoms with Crippen LogP contribution in [0.25, 0.3) is 11.3 Å². The van der Waals surface area contributed by atoms with Crippen LogP contribution in [0.2, 0.25) is 0 Å². The normalized spacial score (nSPS) is 13.8. The molecule has 1 aromatic heterocycles. The highest BCUT2D eigenvalue weighted by atomic mass is 32.2. The molecule has 0 N–H and O–H groups in total. The molecular weight excluding hydrogens is 377 g/mol. The van der Waals surface area contributed by atoms with E-state index in [-0.39, 0.29) is 10.7 Å². The first kappa shape index (κ1) is 18.4. The van der Waals surface area contributed by atoms with Gasteiger partial charge in [0.2, 0.25) is 0 Å². The lowest BCUT2D eigenvalue weighted by Gasteiger charge is -2.24. The molecule has 142 valence electrons. The molecule has 0 spiro atoms. The van der Waals surface area contributed by atoms with Gasteiger partial charge in [0.05, 0.1) is 4.90 Å². The Kier molecular flexibility index (Phi) is 4.51. The summed E-state index contributed by atoms with van der Waals surface area (Å²) in [6, 6.07) is 14.9. The summed E-state index contributed by atoms with van der Waals surface area (Å²) in [5.41, 5.74) is 4.15. The number of pyridine rings is 1. The quantitative estimate of drug-likeness (QED) is 0.658. The molecule has 6 heteroatoms. The van der Waals surface area contributed by atoms with Gasteiger partial charge in [0.1, 0.15) is 17.3 Å². The predicted molar refractivity (Wildman–Crippen MR) is 106 cm³/mol. The van der Waals surface area contributed by atoms with Crippen molar-refractivity contribution in [3.05, 3.63) is 89.0 Å². The van der Waals surface area contributed by atoms with E-state index in [9.17, 15) is 12.8 Å². The van der Waals surface area contributed by atoms with Gasteiger partial charge in [-0.25, -0.2) is 12.8 Å². The van der Waals surface area contributed by atoms with Crippen LogP contribution in [0.5, 0.6) is 5.75 Å². The van der Waals surface area contributed by atoms with Crippen molar-refractivity contribution < 1.29 is 17.5 Å². The molecule has 1 aliphatic heterocycles. The molecule has 2 aromatic carbocycles. The van der Waals surface area contributed by atoms with Gasteiger partial charge in [-0.05, 0) is 55.5 Å². The maximum absolute atomic E-state index is 13.7. The van der Waals surface area contributed by atoms with Crippen molar-refractivity contribution in [1.82, 2.24) is 4.98 Å². The van der Waals surface area contributed by atoms with Crippen LogP contribution in [0.3, 0.4) is 0 Å².